The van der Waals surface area contributed by atoms with Crippen LogP contribution in [0.1, 0.15) is 5.56 Å². The van der Waals surface area contributed by atoms with Gasteiger partial charge in [-0.3, -0.25) is 4.98 Å². The van der Waals surface area contributed by atoms with Crippen LogP contribution in [0.15, 0.2) is 47.9 Å². The normalized spacial score (nSPS) is 11.5. The van der Waals surface area contributed by atoms with Crippen molar-refractivity contribution in [2.75, 3.05) is 0 Å². The van der Waals surface area contributed by atoms with Crippen LogP contribution in [0.4, 0.5) is 4.39 Å². The Morgan fingerprint density at radius 3 is 2.76 bits per heavy atom. The van der Waals surface area contributed by atoms with E-state index in [0.29, 0.717) is 16.7 Å². The maximum absolute atomic E-state index is 13.1. The SMILES string of the molecule is N/C(=N/O)c1cncc(-c2cccc(F)c2)c1. The average molecular weight is 231 g/mol. The van der Waals surface area contributed by atoms with Crippen molar-refractivity contribution in [3.63, 3.8) is 0 Å². The molecule has 0 radical (unpaired) electrons. The van der Waals surface area contributed by atoms with E-state index in [1.807, 2.05) is 0 Å². The first-order chi connectivity index (χ1) is 8.20. The molecule has 5 heteroatoms. The van der Waals surface area contributed by atoms with Gasteiger partial charge in [0, 0.05) is 23.5 Å². The van der Waals surface area contributed by atoms with Gasteiger partial charge < -0.3 is 10.9 Å². The molecule has 0 saturated carbocycles. The Bertz CT molecular complexity index is 569. The van der Waals surface area contributed by atoms with Crippen molar-refractivity contribution >= 4 is 5.84 Å². The highest BCUT2D eigenvalue weighted by Gasteiger charge is 2.04. The van der Waals surface area contributed by atoms with E-state index in [-0.39, 0.29) is 11.7 Å². The molecule has 0 aliphatic rings. The van der Waals surface area contributed by atoms with Crippen LogP contribution in [0.5, 0.6) is 0 Å². The van der Waals surface area contributed by atoms with Crippen LogP contribution >= 0.6 is 0 Å². The summed E-state index contributed by atoms with van der Waals surface area (Å²) in [5.41, 5.74) is 7.33. The zero-order valence-electron chi connectivity index (χ0n) is 8.84. The number of nitrogens with zero attached hydrogens (tertiary/aromatic N) is 2. The molecular weight excluding hydrogens is 221 g/mol. The highest BCUT2D eigenvalue weighted by Crippen LogP contribution is 2.20. The van der Waals surface area contributed by atoms with Crippen molar-refractivity contribution in [2.45, 2.75) is 0 Å². The average Bonchev–Trinajstić information content (AvgIpc) is 2.38. The Balaban J connectivity index is 2.47. The quantitative estimate of drug-likeness (QED) is 0.359. The Kier molecular flexibility index (Phi) is 3.00. The number of aromatic nitrogens is 1. The Hall–Kier alpha value is -2.43. The molecule has 0 fully saturated rings. The monoisotopic (exact) mass is 231 g/mol. The highest BCUT2D eigenvalue weighted by molar-refractivity contribution is 5.97. The van der Waals surface area contributed by atoms with Gasteiger partial charge in [-0.25, -0.2) is 4.39 Å². The first kappa shape index (κ1) is 11.1. The molecule has 17 heavy (non-hydrogen) atoms. The maximum Gasteiger partial charge on any atom is 0.171 e. The molecule has 2 rings (SSSR count). The zero-order valence-corrected chi connectivity index (χ0v) is 8.84. The highest BCUT2D eigenvalue weighted by atomic mass is 19.1. The molecule has 1 heterocycles. The van der Waals surface area contributed by atoms with Gasteiger partial charge in [0.25, 0.3) is 0 Å². The number of halogens is 1. The first-order valence-corrected chi connectivity index (χ1v) is 4.89. The van der Waals surface area contributed by atoms with Gasteiger partial charge in [-0.2, -0.15) is 0 Å². The van der Waals surface area contributed by atoms with Gasteiger partial charge in [0.05, 0.1) is 0 Å². The Morgan fingerprint density at radius 2 is 2.06 bits per heavy atom. The standard InChI is InChI=1S/C12H10FN3O/c13-11-3-1-2-8(5-11)9-4-10(7-15-6-9)12(14)16-17/h1-7,17H,(H2,14,16). The molecule has 3 N–H and O–H groups in total. The molecular formula is C12H10FN3O. The van der Waals surface area contributed by atoms with Gasteiger partial charge in [-0.15, -0.1) is 0 Å². The van der Waals surface area contributed by atoms with Gasteiger partial charge in [-0.05, 0) is 23.8 Å². The van der Waals surface area contributed by atoms with Crippen LogP contribution in [-0.2, 0) is 0 Å². The van der Waals surface area contributed by atoms with Crippen molar-refractivity contribution in [3.05, 3.63) is 54.1 Å². The minimum Gasteiger partial charge on any atom is -0.409 e. The van der Waals surface area contributed by atoms with E-state index in [0.717, 1.165) is 0 Å². The molecule has 0 bridgehead atoms. The molecule has 0 amide bonds. The molecule has 1 aromatic carbocycles. The third-order valence-electron chi connectivity index (χ3n) is 2.30. The van der Waals surface area contributed by atoms with Crippen LogP contribution in [0, 0.1) is 5.82 Å². The molecule has 1 aromatic heterocycles. The van der Waals surface area contributed by atoms with Crippen molar-refractivity contribution < 1.29 is 9.60 Å². The van der Waals surface area contributed by atoms with Gasteiger partial charge in [-0.1, -0.05) is 17.3 Å². The molecule has 0 atom stereocenters. The summed E-state index contributed by atoms with van der Waals surface area (Å²) in [5, 5.41) is 11.5. The van der Waals surface area contributed by atoms with Crippen LogP contribution in [0.3, 0.4) is 0 Å². The van der Waals surface area contributed by atoms with E-state index in [4.69, 9.17) is 10.9 Å². The number of hydrogen-bond acceptors (Lipinski definition) is 3. The first-order valence-electron chi connectivity index (χ1n) is 4.89. The van der Waals surface area contributed by atoms with Gasteiger partial charge in [0.2, 0.25) is 0 Å². The van der Waals surface area contributed by atoms with Crippen molar-refractivity contribution in [2.24, 2.45) is 10.9 Å². The zero-order chi connectivity index (χ0) is 12.3. The third kappa shape index (κ3) is 2.39. The predicted octanol–water partition coefficient (Wildman–Crippen LogP) is 1.98. The fraction of sp³-hybridized carbons (Fsp3) is 0. The summed E-state index contributed by atoms with van der Waals surface area (Å²) in [6, 6.07) is 7.81. The number of hydrogen-bond donors (Lipinski definition) is 2. The van der Waals surface area contributed by atoms with Gasteiger partial charge in [0.1, 0.15) is 5.82 Å². The van der Waals surface area contributed by atoms with E-state index in [2.05, 4.69) is 10.1 Å². The number of pyridine rings is 1. The number of rotatable bonds is 2. The smallest absolute Gasteiger partial charge is 0.171 e. The predicted molar refractivity (Wildman–Crippen MR) is 62.1 cm³/mol. The number of oxime groups is 1. The minimum absolute atomic E-state index is 0.0317. The Morgan fingerprint density at radius 1 is 1.24 bits per heavy atom. The number of nitrogens with two attached hydrogens (primary N) is 1. The summed E-state index contributed by atoms with van der Waals surface area (Å²) in [4.78, 5) is 3.97. The summed E-state index contributed by atoms with van der Waals surface area (Å²) in [5.74, 6) is -0.354. The van der Waals surface area contributed by atoms with Crippen molar-refractivity contribution in [1.29, 1.82) is 0 Å². The fourth-order valence-electron chi connectivity index (χ4n) is 1.46. The summed E-state index contributed by atoms with van der Waals surface area (Å²) < 4.78 is 13.1. The lowest BCUT2D eigenvalue weighted by Gasteiger charge is -2.03. The van der Waals surface area contributed by atoms with Gasteiger partial charge >= 0.3 is 0 Å². The third-order valence-corrected chi connectivity index (χ3v) is 2.30. The van der Waals surface area contributed by atoms with E-state index in [1.165, 1.54) is 18.3 Å². The number of amidine groups is 1. The van der Waals surface area contributed by atoms with Crippen molar-refractivity contribution in [1.82, 2.24) is 4.98 Å². The van der Waals surface area contributed by atoms with Crippen molar-refractivity contribution in [3.8, 4) is 11.1 Å². The van der Waals surface area contributed by atoms with E-state index >= 15 is 0 Å². The topological polar surface area (TPSA) is 71.5 Å². The molecule has 0 saturated heterocycles. The lowest BCUT2D eigenvalue weighted by molar-refractivity contribution is 0.318. The fourth-order valence-corrected chi connectivity index (χ4v) is 1.46. The van der Waals surface area contributed by atoms with Crippen LogP contribution in [0.2, 0.25) is 0 Å². The molecule has 0 aliphatic heterocycles. The summed E-state index contributed by atoms with van der Waals surface area (Å²) >= 11 is 0. The summed E-state index contributed by atoms with van der Waals surface area (Å²) in [7, 11) is 0. The van der Waals surface area contributed by atoms with Crippen LogP contribution in [-0.4, -0.2) is 16.0 Å². The summed E-state index contributed by atoms with van der Waals surface area (Å²) in [6.07, 6.45) is 3.06. The van der Waals surface area contributed by atoms with Gasteiger partial charge in [0.15, 0.2) is 5.84 Å². The molecule has 0 unspecified atom stereocenters. The molecule has 86 valence electrons. The lowest BCUT2D eigenvalue weighted by Crippen LogP contribution is -2.13. The second-order valence-electron chi connectivity index (χ2n) is 3.46. The molecule has 0 aliphatic carbocycles. The molecule has 4 nitrogen and oxygen atoms in total. The number of benzene rings is 1. The molecule has 2 aromatic rings. The summed E-state index contributed by atoms with van der Waals surface area (Å²) in [6.45, 7) is 0. The second kappa shape index (κ2) is 4.61. The maximum atomic E-state index is 13.1. The molecule has 0 spiro atoms. The lowest BCUT2D eigenvalue weighted by atomic mass is 10.1. The van der Waals surface area contributed by atoms with Crippen LogP contribution in [0.25, 0.3) is 11.1 Å². The van der Waals surface area contributed by atoms with E-state index in [9.17, 15) is 4.39 Å². The Labute approximate surface area is 97.2 Å². The largest absolute Gasteiger partial charge is 0.409 e. The second-order valence-corrected chi connectivity index (χ2v) is 3.46. The van der Waals surface area contributed by atoms with E-state index < -0.39 is 0 Å². The minimum atomic E-state index is -0.322. The van der Waals surface area contributed by atoms with E-state index in [1.54, 1.807) is 24.4 Å². The van der Waals surface area contributed by atoms with Crippen LogP contribution < -0.4 is 5.73 Å².